The van der Waals surface area contributed by atoms with Crippen molar-refractivity contribution in [1.82, 2.24) is 0 Å². The zero-order chi connectivity index (χ0) is 20.1. The van der Waals surface area contributed by atoms with E-state index in [-0.39, 0.29) is 18.1 Å². The van der Waals surface area contributed by atoms with Gasteiger partial charge in [-0.1, -0.05) is 6.92 Å². The van der Waals surface area contributed by atoms with Gasteiger partial charge in [-0.3, -0.25) is 4.79 Å². The number of carbonyl (C=O) groups excluding carboxylic acids is 1. The number of carbonyl (C=O) groups is 1. The van der Waals surface area contributed by atoms with Gasteiger partial charge in [-0.15, -0.1) is 0 Å². The summed E-state index contributed by atoms with van der Waals surface area (Å²) in [5, 5.41) is 10.7. The molecule has 8 heteroatoms. The molecule has 0 saturated carbocycles. The molecule has 3 aliphatic heterocycles. The molecule has 156 valence electrons. The van der Waals surface area contributed by atoms with Crippen molar-refractivity contribution >= 4 is 5.97 Å². The van der Waals surface area contributed by atoms with Crippen molar-refractivity contribution in [3.63, 3.8) is 0 Å². The van der Waals surface area contributed by atoms with E-state index in [4.69, 9.17) is 28.4 Å². The average molecular weight is 388 g/mol. The number of fused-ring (bicyclic) bond motifs is 1. The summed E-state index contributed by atoms with van der Waals surface area (Å²) in [6, 6.07) is 0. The van der Waals surface area contributed by atoms with Crippen LogP contribution in [0.4, 0.5) is 0 Å². The average Bonchev–Trinajstić information content (AvgIpc) is 2.89. The Balaban J connectivity index is 1.82. The first-order chi connectivity index (χ1) is 12.5. The molecule has 0 aromatic heterocycles. The first kappa shape index (κ1) is 21.0. The molecule has 3 aliphatic rings. The molecule has 0 aromatic rings. The predicted octanol–water partition coefficient (Wildman–Crippen LogP) is 1.37. The SMILES string of the molecule is CC(=O)O[C@H]1C(C)O[C@@H](C)[C@H](O)C1O[C@@H]1OC(C)[C@H](C)[C@@H]2OC(C)(C)OC12. The van der Waals surface area contributed by atoms with E-state index in [1.165, 1.54) is 6.92 Å². The molecule has 1 N–H and O–H groups in total. The normalized spacial score (nSPS) is 49.5. The van der Waals surface area contributed by atoms with Crippen LogP contribution in [0.2, 0.25) is 0 Å². The monoisotopic (exact) mass is 388 g/mol. The van der Waals surface area contributed by atoms with Gasteiger partial charge in [0.2, 0.25) is 0 Å². The second-order valence-electron chi connectivity index (χ2n) is 8.35. The van der Waals surface area contributed by atoms with E-state index in [2.05, 4.69) is 6.92 Å². The molecular formula is C19H32O8. The van der Waals surface area contributed by atoms with Crippen molar-refractivity contribution in [2.75, 3.05) is 0 Å². The lowest BCUT2D eigenvalue weighted by Crippen LogP contribution is -2.61. The number of esters is 1. The van der Waals surface area contributed by atoms with Gasteiger partial charge in [0.25, 0.3) is 0 Å². The molecule has 0 aromatic carbocycles. The van der Waals surface area contributed by atoms with Crippen LogP contribution in [0.5, 0.6) is 0 Å². The van der Waals surface area contributed by atoms with Crippen LogP contribution >= 0.6 is 0 Å². The Morgan fingerprint density at radius 2 is 1.56 bits per heavy atom. The highest BCUT2D eigenvalue weighted by Gasteiger charge is 2.55. The summed E-state index contributed by atoms with van der Waals surface area (Å²) < 4.78 is 35.4. The van der Waals surface area contributed by atoms with Crippen LogP contribution in [0.25, 0.3) is 0 Å². The molecule has 0 bridgehead atoms. The molecule has 3 fully saturated rings. The number of hydrogen-bond acceptors (Lipinski definition) is 8. The Bertz CT molecular complexity index is 552. The largest absolute Gasteiger partial charge is 0.457 e. The number of rotatable bonds is 3. The summed E-state index contributed by atoms with van der Waals surface area (Å²) in [6.45, 7) is 12.6. The highest BCUT2D eigenvalue weighted by atomic mass is 16.8. The summed E-state index contributed by atoms with van der Waals surface area (Å²) in [7, 11) is 0. The molecule has 3 heterocycles. The molecule has 0 radical (unpaired) electrons. The Morgan fingerprint density at radius 3 is 2.19 bits per heavy atom. The minimum atomic E-state index is -0.974. The van der Waals surface area contributed by atoms with Gasteiger partial charge in [-0.2, -0.15) is 0 Å². The van der Waals surface area contributed by atoms with Crippen LogP contribution in [-0.2, 0) is 33.2 Å². The number of aliphatic hydroxyl groups is 1. The molecule has 4 unspecified atom stereocenters. The fourth-order valence-corrected chi connectivity index (χ4v) is 4.12. The first-order valence-corrected chi connectivity index (χ1v) is 9.67. The lowest BCUT2D eigenvalue weighted by Gasteiger charge is -2.46. The second-order valence-corrected chi connectivity index (χ2v) is 8.35. The standard InChI is InChI=1S/C19H32O8/c1-8-9(2)23-18(17-14(8)26-19(6,7)27-17)25-16-13(21)10(3)22-11(4)15(16)24-12(5)20/h8-11,13-18,21H,1-7H3/t8-,9?,10-,11?,13-,14-,15-,16?,17?,18-/m0/s1. The highest BCUT2D eigenvalue weighted by Crippen LogP contribution is 2.41. The van der Waals surface area contributed by atoms with Gasteiger partial charge in [0.15, 0.2) is 18.2 Å². The maximum absolute atomic E-state index is 11.6. The Morgan fingerprint density at radius 1 is 0.926 bits per heavy atom. The quantitative estimate of drug-likeness (QED) is 0.725. The minimum Gasteiger partial charge on any atom is -0.457 e. The van der Waals surface area contributed by atoms with E-state index in [1.807, 2.05) is 20.8 Å². The van der Waals surface area contributed by atoms with E-state index in [0.717, 1.165) is 0 Å². The van der Waals surface area contributed by atoms with E-state index in [9.17, 15) is 9.90 Å². The first-order valence-electron chi connectivity index (χ1n) is 9.67. The number of aliphatic hydroxyl groups excluding tert-OH is 1. The van der Waals surface area contributed by atoms with Crippen molar-refractivity contribution in [1.29, 1.82) is 0 Å². The summed E-state index contributed by atoms with van der Waals surface area (Å²) in [5.41, 5.74) is 0. The van der Waals surface area contributed by atoms with Gasteiger partial charge in [0, 0.05) is 12.8 Å². The number of ether oxygens (including phenoxy) is 6. The highest BCUT2D eigenvalue weighted by molar-refractivity contribution is 5.66. The fourth-order valence-electron chi connectivity index (χ4n) is 4.12. The topological polar surface area (TPSA) is 92.7 Å². The Kier molecular flexibility index (Phi) is 5.88. The summed E-state index contributed by atoms with van der Waals surface area (Å²) in [6.07, 6.45) is -4.91. The van der Waals surface area contributed by atoms with E-state index >= 15 is 0 Å². The summed E-state index contributed by atoms with van der Waals surface area (Å²) in [4.78, 5) is 11.6. The van der Waals surface area contributed by atoms with Crippen LogP contribution in [0.1, 0.15) is 48.5 Å². The maximum Gasteiger partial charge on any atom is 0.303 e. The van der Waals surface area contributed by atoms with Gasteiger partial charge >= 0.3 is 5.97 Å². The van der Waals surface area contributed by atoms with Crippen molar-refractivity contribution < 1.29 is 38.3 Å². The van der Waals surface area contributed by atoms with Gasteiger partial charge in [0.05, 0.1) is 24.4 Å². The molecule has 3 saturated heterocycles. The Hall–Kier alpha value is -0.770. The maximum atomic E-state index is 11.6. The smallest absolute Gasteiger partial charge is 0.303 e. The van der Waals surface area contributed by atoms with Crippen LogP contribution < -0.4 is 0 Å². The van der Waals surface area contributed by atoms with Gasteiger partial charge in [0.1, 0.15) is 18.3 Å². The van der Waals surface area contributed by atoms with Crippen LogP contribution in [0, 0.1) is 5.92 Å². The summed E-state index contributed by atoms with van der Waals surface area (Å²) >= 11 is 0. The van der Waals surface area contributed by atoms with Gasteiger partial charge < -0.3 is 33.5 Å². The van der Waals surface area contributed by atoms with Gasteiger partial charge in [-0.05, 0) is 34.6 Å². The number of hydrogen-bond donors (Lipinski definition) is 1. The molecule has 27 heavy (non-hydrogen) atoms. The van der Waals surface area contributed by atoms with E-state index in [1.54, 1.807) is 13.8 Å². The molecule has 0 aliphatic carbocycles. The van der Waals surface area contributed by atoms with Crippen molar-refractivity contribution in [3.8, 4) is 0 Å². The van der Waals surface area contributed by atoms with Crippen LogP contribution in [-0.4, -0.2) is 72.0 Å². The third-order valence-corrected chi connectivity index (χ3v) is 5.67. The zero-order valence-electron chi connectivity index (χ0n) is 17.1. The summed E-state index contributed by atoms with van der Waals surface area (Å²) in [5.74, 6) is -1.09. The van der Waals surface area contributed by atoms with Gasteiger partial charge in [-0.25, -0.2) is 0 Å². The third-order valence-electron chi connectivity index (χ3n) is 5.67. The molecule has 0 spiro atoms. The Labute approximate surface area is 160 Å². The van der Waals surface area contributed by atoms with Crippen molar-refractivity contribution in [2.24, 2.45) is 5.92 Å². The van der Waals surface area contributed by atoms with E-state index in [0.29, 0.717) is 0 Å². The molecular weight excluding hydrogens is 356 g/mol. The molecule has 3 rings (SSSR count). The lowest BCUT2D eigenvalue weighted by molar-refractivity contribution is -0.318. The zero-order valence-corrected chi connectivity index (χ0v) is 17.1. The predicted molar refractivity (Wildman–Crippen MR) is 93.8 cm³/mol. The minimum absolute atomic E-state index is 0.118. The molecule has 0 amide bonds. The molecule has 10 atom stereocenters. The van der Waals surface area contributed by atoms with Crippen molar-refractivity contribution in [2.45, 2.75) is 109 Å². The second kappa shape index (κ2) is 7.57. The van der Waals surface area contributed by atoms with Crippen LogP contribution in [0.3, 0.4) is 0 Å². The third kappa shape index (κ3) is 4.16. The van der Waals surface area contributed by atoms with Crippen molar-refractivity contribution in [3.05, 3.63) is 0 Å². The van der Waals surface area contributed by atoms with E-state index < -0.39 is 54.7 Å². The van der Waals surface area contributed by atoms with Crippen LogP contribution in [0.15, 0.2) is 0 Å². The molecule has 8 nitrogen and oxygen atoms in total. The lowest BCUT2D eigenvalue weighted by atomic mass is 9.91. The fraction of sp³-hybridized carbons (Fsp3) is 0.947.